The van der Waals surface area contributed by atoms with Crippen LogP contribution in [-0.2, 0) is 6.54 Å². The van der Waals surface area contributed by atoms with Crippen LogP contribution >= 0.6 is 0 Å². The molecule has 3 aromatic rings. The quantitative estimate of drug-likeness (QED) is 0.721. The molecule has 0 aliphatic rings. The number of benzene rings is 2. The van der Waals surface area contributed by atoms with E-state index in [1.807, 2.05) is 30.3 Å². The van der Waals surface area contributed by atoms with Crippen molar-refractivity contribution in [3.05, 3.63) is 66.0 Å². The summed E-state index contributed by atoms with van der Waals surface area (Å²) in [7, 11) is 0. The van der Waals surface area contributed by atoms with E-state index < -0.39 is 0 Å². The van der Waals surface area contributed by atoms with E-state index in [0.29, 0.717) is 12.4 Å². The summed E-state index contributed by atoms with van der Waals surface area (Å²) in [6.45, 7) is 0.565. The van der Waals surface area contributed by atoms with Gasteiger partial charge in [0.15, 0.2) is 0 Å². The van der Waals surface area contributed by atoms with Gasteiger partial charge in [-0.15, -0.1) is 10.2 Å². The van der Waals surface area contributed by atoms with Gasteiger partial charge < -0.3 is 0 Å². The fourth-order valence-electron chi connectivity index (χ4n) is 1.77. The minimum Gasteiger partial charge on any atom is -0.207 e. The molecule has 0 amide bonds. The van der Waals surface area contributed by atoms with Crippen LogP contribution < -0.4 is 0 Å². The molecule has 4 nitrogen and oxygen atoms in total. The molecule has 0 aliphatic heterocycles. The number of tetrazole rings is 1. The molecule has 0 N–H and O–H groups in total. The summed E-state index contributed by atoms with van der Waals surface area (Å²) in [5, 5.41) is 12.2. The van der Waals surface area contributed by atoms with Crippen molar-refractivity contribution >= 4 is 0 Å². The third-order valence-electron chi connectivity index (χ3n) is 2.72. The third kappa shape index (κ3) is 2.65. The molecular formula is C14H11FN4. The summed E-state index contributed by atoms with van der Waals surface area (Å²) in [6.07, 6.45) is 0. The Morgan fingerprint density at radius 2 is 1.68 bits per heavy atom. The molecule has 2 aromatic carbocycles. The Balaban J connectivity index is 1.82. The van der Waals surface area contributed by atoms with Gasteiger partial charge in [-0.3, -0.25) is 0 Å². The maximum Gasteiger partial charge on any atom is 0.204 e. The van der Waals surface area contributed by atoms with Crippen LogP contribution in [0, 0.1) is 5.82 Å². The summed E-state index contributed by atoms with van der Waals surface area (Å²) in [5.74, 6) is 0.219. The molecule has 0 atom stereocenters. The van der Waals surface area contributed by atoms with Gasteiger partial charge in [0, 0.05) is 5.56 Å². The van der Waals surface area contributed by atoms with E-state index in [0.717, 1.165) is 11.1 Å². The first-order valence-corrected chi connectivity index (χ1v) is 5.89. The van der Waals surface area contributed by atoms with E-state index in [4.69, 9.17) is 0 Å². The Bertz CT molecular complexity index is 661. The molecule has 0 bridgehead atoms. The zero-order valence-corrected chi connectivity index (χ0v) is 10.1. The van der Waals surface area contributed by atoms with Crippen molar-refractivity contribution in [3.63, 3.8) is 0 Å². The number of aromatic nitrogens is 4. The van der Waals surface area contributed by atoms with Crippen LogP contribution in [-0.4, -0.2) is 20.2 Å². The molecule has 0 saturated heterocycles. The molecule has 0 fully saturated rings. The Kier molecular flexibility index (Phi) is 3.02. The molecule has 1 heterocycles. The van der Waals surface area contributed by atoms with Crippen LogP contribution in [0.1, 0.15) is 5.56 Å². The average Bonchev–Trinajstić information content (AvgIpc) is 2.89. The summed E-state index contributed by atoms with van der Waals surface area (Å²) < 4.78 is 12.8. The van der Waals surface area contributed by atoms with Gasteiger partial charge in [-0.2, -0.15) is 4.80 Å². The van der Waals surface area contributed by atoms with E-state index >= 15 is 0 Å². The van der Waals surface area contributed by atoms with Crippen LogP contribution in [0.2, 0.25) is 0 Å². The van der Waals surface area contributed by atoms with Crippen molar-refractivity contribution in [1.29, 1.82) is 0 Å². The second-order valence-electron chi connectivity index (χ2n) is 4.14. The lowest BCUT2D eigenvalue weighted by atomic mass is 10.2. The molecule has 94 valence electrons. The van der Waals surface area contributed by atoms with Crippen molar-refractivity contribution in [2.75, 3.05) is 0 Å². The van der Waals surface area contributed by atoms with Crippen LogP contribution in [0.5, 0.6) is 0 Å². The van der Waals surface area contributed by atoms with Crippen molar-refractivity contribution < 1.29 is 4.39 Å². The lowest BCUT2D eigenvalue weighted by molar-refractivity contribution is 0.573. The number of rotatable bonds is 3. The summed E-state index contributed by atoms with van der Waals surface area (Å²) >= 11 is 0. The minimum atomic E-state index is -0.277. The third-order valence-corrected chi connectivity index (χ3v) is 2.72. The number of halogens is 1. The Morgan fingerprint density at radius 3 is 2.42 bits per heavy atom. The van der Waals surface area contributed by atoms with Crippen molar-refractivity contribution in [2.45, 2.75) is 6.54 Å². The van der Waals surface area contributed by atoms with E-state index in [9.17, 15) is 4.39 Å². The fraction of sp³-hybridized carbons (Fsp3) is 0.0714. The summed E-state index contributed by atoms with van der Waals surface area (Å²) in [5.41, 5.74) is 1.85. The lowest BCUT2D eigenvalue weighted by Crippen LogP contribution is -2.03. The van der Waals surface area contributed by atoms with Crippen molar-refractivity contribution in [1.82, 2.24) is 20.2 Å². The second-order valence-corrected chi connectivity index (χ2v) is 4.14. The predicted molar refractivity (Wildman–Crippen MR) is 68.8 cm³/mol. The highest BCUT2D eigenvalue weighted by molar-refractivity contribution is 5.53. The van der Waals surface area contributed by atoms with Gasteiger partial charge in [0.05, 0.1) is 6.54 Å². The molecule has 3 rings (SSSR count). The zero-order chi connectivity index (χ0) is 13.1. The smallest absolute Gasteiger partial charge is 0.204 e. The highest BCUT2D eigenvalue weighted by Gasteiger charge is 2.06. The van der Waals surface area contributed by atoms with Crippen LogP contribution in [0.25, 0.3) is 11.4 Å². The van der Waals surface area contributed by atoms with Gasteiger partial charge in [-0.05, 0) is 35.0 Å². The molecule has 0 unspecified atom stereocenters. The van der Waals surface area contributed by atoms with Gasteiger partial charge in [0.1, 0.15) is 5.82 Å². The standard InChI is InChI=1S/C14H11FN4/c15-13-8-6-12(7-9-13)14-16-18-19(17-14)10-11-4-2-1-3-5-11/h1-9H,10H2. The van der Waals surface area contributed by atoms with E-state index in [2.05, 4.69) is 15.4 Å². The van der Waals surface area contributed by atoms with Crippen LogP contribution in [0.4, 0.5) is 4.39 Å². The molecule has 5 heteroatoms. The number of nitrogens with zero attached hydrogens (tertiary/aromatic N) is 4. The monoisotopic (exact) mass is 254 g/mol. The van der Waals surface area contributed by atoms with Gasteiger partial charge in [0.2, 0.25) is 5.82 Å². The molecule has 19 heavy (non-hydrogen) atoms. The maximum absolute atomic E-state index is 12.8. The number of hydrogen-bond donors (Lipinski definition) is 0. The molecule has 0 radical (unpaired) electrons. The summed E-state index contributed by atoms with van der Waals surface area (Å²) in [6, 6.07) is 15.9. The zero-order valence-electron chi connectivity index (χ0n) is 10.1. The number of hydrogen-bond acceptors (Lipinski definition) is 3. The topological polar surface area (TPSA) is 43.6 Å². The summed E-state index contributed by atoms with van der Waals surface area (Å²) in [4.78, 5) is 1.52. The first kappa shape index (κ1) is 11.5. The van der Waals surface area contributed by atoms with Crippen LogP contribution in [0.15, 0.2) is 54.6 Å². The molecule has 1 aromatic heterocycles. The largest absolute Gasteiger partial charge is 0.207 e. The molecule has 0 aliphatic carbocycles. The Labute approximate surface area is 109 Å². The van der Waals surface area contributed by atoms with Gasteiger partial charge >= 0.3 is 0 Å². The average molecular weight is 254 g/mol. The molecule has 0 spiro atoms. The van der Waals surface area contributed by atoms with Gasteiger partial charge in [-0.1, -0.05) is 30.3 Å². The van der Waals surface area contributed by atoms with Gasteiger partial charge in [0.25, 0.3) is 0 Å². The van der Waals surface area contributed by atoms with Gasteiger partial charge in [-0.25, -0.2) is 4.39 Å². The fourth-order valence-corrected chi connectivity index (χ4v) is 1.77. The minimum absolute atomic E-state index is 0.277. The highest BCUT2D eigenvalue weighted by Crippen LogP contribution is 2.14. The van der Waals surface area contributed by atoms with Crippen LogP contribution in [0.3, 0.4) is 0 Å². The van der Waals surface area contributed by atoms with Crippen molar-refractivity contribution in [2.24, 2.45) is 0 Å². The SMILES string of the molecule is Fc1ccc(-c2nnn(Cc3ccccc3)n2)cc1. The second kappa shape index (κ2) is 4.97. The molecular weight excluding hydrogens is 243 g/mol. The maximum atomic E-state index is 12.8. The Morgan fingerprint density at radius 1 is 0.947 bits per heavy atom. The van der Waals surface area contributed by atoms with E-state index in [1.165, 1.54) is 16.9 Å². The van der Waals surface area contributed by atoms with E-state index in [1.54, 1.807) is 12.1 Å². The normalized spacial score (nSPS) is 10.6. The van der Waals surface area contributed by atoms with E-state index in [-0.39, 0.29) is 5.82 Å². The predicted octanol–water partition coefficient (Wildman–Crippen LogP) is 2.53. The highest BCUT2D eigenvalue weighted by atomic mass is 19.1. The molecule has 0 saturated carbocycles. The first-order valence-electron chi connectivity index (χ1n) is 5.89. The lowest BCUT2D eigenvalue weighted by Gasteiger charge is -1.98. The van der Waals surface area contributed by atoms with Crippen molar-refractivity contribution in [3.8, 4) is 11.4 Å². The first-order chi connectivity index (χ1) is 9.31. The Hall–Kier alpha value is -2.56.